The Morgan fingerprint density at radius 3 is 2.29 bits per heavy atom. The van der Waals surface area contributed by atoms with Gasteiger partial charge >= 0.3 is 0 Å². The van der Waals surface area contributed by atoms with Crippen LogP contribution in [0.15, 0.2) is 54.6 Å². The molecule has 3 rings (SSSR count). The van der Waals surface area contributed by atoms with Crippen molar-refractivity contribution in [2.24, 2.45) is 0 Å². The molecule has 0 N–H and O–H groups in total. The van der Waals surface area contributed by atoms with Crippen LogP contribution >= 0.6 is 0 Å². The number of aryl methyl sites for hydroxylation is 2. The van der Waals surface area contributed by atoms with Crippen molar-refractivity contribution < 1.29 is 9.18 Å². The van der Waals surface area contributed by atoms with Gasteiger partial charge in [0.05, 0.1) is 0 Å². The molecule has 0 saturated heterocycles. The summed E-state index contributed by atoms with van der Waals surface area (Å²) in [5.74, 6) is -0.378. The SMILES string of the molecule is Cc1ccc(C(=O)c2ccc(F)c3ccccc23)cc1C. The topological polar surface area (TPSA) is 17.1 Å². The molecule has 0 spiro atoms. The van der Waals surface area contributed by atoms with Crippen LogP contribution in [0.5, 0.6) is 0 Å². The molecule has 1 nitrogen and oxygen atoms in total. The number of benzene rings is 3. The van der Waals surface area contributed by atoms with Crippen molar-refractivity contribution in [3.63, 3.8) is 0 Å². The van der Waals surface area contributed by atoms with Crippen molar-refractivity contribution >= 4 is 16.6 Å². The Balaban J connectivity index is 2.18. The lowest BCUT2D eigenvalue weighted by Crippen LogP contribution is -2.03. The standard InChI is InChI=1S/C19H15FO/c1-12-7-8-14(11-13(12)2)19(21)17-9-10-18(20)16-6-4-3-5-15(16)17/h3-11H,1-2H3. The predicted molar refractivity (Wildman–Crippen MR) is 83.3 cm³/mol. The second kappa shape index (κ2) is 5.13. The maximum absolute atomic E-state index is 13.8. The first kappa shape index (κ1) is 13.5. The maximum atomic E-state index is 13.8. The molecule has 0 bridgehead atoms. The average Bonchev–Trinajstić information content (AvgIpc) is 2.50. The summed E-state index contributed by atoms with van der Waals surface area (Å²) in [4.78, 5) is 12.7. The van der Waals surface area contributed by atoms with Crippen LogP contribution in [-0.2, 0) is 0 Å². The molecule has 0 aliphatic heterocycles. The Morgan fingerprint density at radius 2 is 1.57 bits per heavy atom. The van der Waals surface area contributed by atoms with Gasteiger partial charge in [-0.1, -0.05) is 36.4 Å². The third-order valence-corrected chi connectivity index (χ3v) is 3.88. The number of fused-ring (bicyclic) bond motifs is 1. The Labute approximate surface area is 123 Å². The van der Waals surface area contributed by atoms with Gasteiger partial charge in [0.1, 0.15) is 5.82 Å². The molecule has 0 aliphatic rings. The highest BCUT2D eigenvalue weighted by molar-refractivity contribution is 6.16. The Hall–Kier alpha value is -2.48. The molecular weight excluding hydrogens is 263 g/mol. The van der Waals surface area contributed by atoms with E-state index in [2.05, 4.69) is 0 Å². The third kappa shape index (κ3) is 2.33. The van der Waals surface area contributed by atoms with E-state index in [-0.39, 0.29) is 11.6 Å². The van der Waals surface area contributed by atoms with Crippen molar-refractivity contribution in [1.29, 1.82) is 0 Å². The van der Waals surface area contributed by atoms with E-state index in [0.29, 0.717) is 21.9 Å². The first-order valence-electron chi connectivity index (χ1n) is 6.87. The molecule has 0 aromatic heterocycles. The van der Waals surface area contributed by atoms with Gasteiger partial charge in [-0.05, 0) is 48.6 Å². The van der Waals surface area contributed by atoms with Crippen molar-refractivity contribution in [3.8, 4) is 0 Å². The number of rotatable bonds is 2. The number of halogens is 1. The molecule has 0 saturated carbocycles. The molecule has 0 atom stereocenters. The summed E-state index contributed by atoms with van der Waals surface area (Å²) < 4.78 is 13.8. The number of carbonyl (C=O) groups excluding carboxylic acids is 1. The number of carbonyl (C=O) groups is 1. The van der Waals surface area contributed by atoms with Gasteiger partial charge in [-0.2, -0.15) is 0 Å². The lowest BCUT2D eigenvalue weighted by atomic mass is 9.95. The van der Waals surface area contributed by atoms with Gasteiger partial charge < -0.3 is 0 Å². The second-order valence-corrected chi connectivity index (χ2v) is 5.27. The molecule has 2 heteroatoms. The number of hydrogen-bond donors (Lipinski definition) is 0. The first-order valence-corrected chi connectivity index (χ1v) is 6.87. The largest absolute Gasteiger partial charge is 0.289 e. The summed E-state index contributed by atoms with van der Waals surface area (Å²) in [5.41, 5.74) is 3.40. The molecule has 3 aromatic rings. The van der Waals surface area contributed by atoms with E-state index in [1.807, 2.05) is 38.1 Å². The van der Waals surface area contributed by atoms with E-state index in [0.717, 1.165) is 11.1 Å². The van der Waals surface area contributed by atoms with Crippen LogP contribution in [0.25, 0.3) is 10.8 Å². The number of ketones is 1. The molecule has 3 aromatic carbocycles. The van der Waals surface area contributed by atoms with E-state index in [1.54, 1.807) is 24.3 Å². The average molecular weight is 278 g/mol. The Morgan fingerprint density at radius 1 is 0.857 bits per heavy atom. The van der Waals surface area contributed by atoms with Gasteiger partial charge in [0.25, 0.3) is 0 Å². The lowest BCUT2D eigenvalue weighted by Gasteiger charge is -2.08. The number of hydrogen-bond acceptors (Lipinski definition) is 1. The van der Waals surface area contributed by atoms with E-state index in [1.165, 1.54) is 6.07 Å². The summed E-state index contributed by atoms with van der Waals surface area (Å²) in [6, 6.07) is 15.6. The van der Waals surface area contributed by atoms with Crippen molar-refractivity contribution in [1.82, 2.24) is 0 Å². The van der Waals surface area contributed by atoms with Crippen LogP contribution in [0, 0.1) is 19.7 Å². The molecule has 0 aliphatic carbocycles. The maximum Gasteiger partial charge on any atom is 0.193 e. The van der Waals surface area contributed by atoms with Crippen molar-refractivity contribution in [2.45, 2.75) is 13.8 Å². The second-order valence-electron chi connectivity index (χ2n) is 5.27. The molecule has 0 fully saturated rings. The van der Waals surface area contributed by atoms with Crippen LogP contribution < -0.4 is 0 Å². The van der Waals surface area contributed by atoms with E-state index >= 15 is 0 Å². The van der Waals surface area contributed by atoms with E-state index in [4.69, 9.17) is 0 Å². The summed E-state index contributed by atoms with van der Waals surface area (Å²) in [6.45, 7) is 3.99. The predicted octanol–water partition coefficient (Wildman–Crippen LogP) is 4.83. The van der Waals surface area contributed by atoms with E-state index < -0.39 is 0 Å². The van der Waals surface area contributed by atoms with Crippen LogP contribution in [0.1, 0.15) is 27.0 Å². The van der Waals surface area contributed by atoms with Gasteiger partial charge in [0.15, 0.2) is 5.78 Å². The van der Waals surface area contributed by atoms with Gasteiger partial charge in [0.2, 0.25) is 0 Å². The zero-order valence-electron chi connectivity index (χ0n) is 12.0. The molecule has 0 amide bonds. The molecule has 21 heavy (non-hydrogen) atoms. The van der Waals surface area contributed by atoms with Crippen LogP contribution in [0.2, 0.25) is 0 Å². The van der Waals surface area contributed by atoms with Gasteiger partial charge in [-0.15, -0.1) is 0 Å². The fraction of sp³-hybridized carbons (Fsp3) is 0.105. The smallest absolute Gasteiger partial charge is 0.193 e. The molecule has 0 heterocycles. The summed E-state index contributed by atoms with van der Waals surface area (Å²) in [6.07, 6.45) is 0. The Kier molecular flexibility index (Phi) is 3.30. The highest BCUT2D eigenvalue weighted by Crippen LogP contribution is 2.24. The molecule has 0 radical (unpaired) electrons. The van der Waals surface area contributed by atoms with Gasteiger partial charge in [0, 0.05) is 16.5 Å². The van der Waals surface area contributed by atoms with Crippen molar-refractivity contribution in [2.75, 3.05) is 0 Å². The highest BCUT2D eigenvalue weighted by atomic mass is 19.1. The minimum Gasteiger partial charge on any atom is -0.289 e. The highest BCUT2D eigenvalue weighted by Gasteiger charge is 2.14. The summed E-state index contributed by atoms with van der Waals surface area (Å²) in [7, 11) is 0. The van der Waals surface area contributed by atoms with Gasteiger partial charge in [-0.25, -0.2) is 4.39 Å². The minimum atomic E-state index is -0.303. The monoisotopic (exact) mass is 278 g/mol. The first-order chi connectivity index (χ1) is 10.1. The van der Waals surface area contributed by atoms with Crippen molar-refractivity contribution in [3.05, 3.63) is 82.7 Å². The fourth-order valence-corrected chi connectivity index (χ4v) is 2.50. The zero-order valence-corrected chi connectivity index (χ0v) is 12.0. The Bertz CT molecular complexity index is 849. The molecule has 0 unspecified atom stereocenters. The molecular formula is C19H15FO. The van der Waals surface area contributed by atoms with Crippen LogP contribution in [0.3, 0.4) is 0 Å². The quantitative estimate of drug-likeness (QED) is 0.614. The normalized spacial score (nSPS) is 10.8. The zero-order chi connectivity index (χ0) is 15.0. The van der Waals surface area contributed by atoms with Crippen LogP contribution in [0.4, 0.5) is 4.39 Å². The lowest BCUT2D eigenvalue weighted by molar-refractivity contribution is 0.104. The summed E-state index contributed by atoms with van der Waals surface area (Å²) >= 11 is 0. The van der Waals surface area contributed by atoms with Gasteiger partial charge in [-0.3, -0.25) is 4.79 Å². The fourth-order valence-electron chi connectivity index (χ4n) is 2.50. The summed E-state index contributed by atoms with van der Waals surface area (Å²) in [5, 5.41) is 1.13. The van der Waals surface area contributed by atoms with E-state index in [9.17, 15) is 9.18 Å². The minimum absolute atomic E-state index is 0.0747. The third-order valence-electron chi connectivity index (χ3n) is 3.88. The van der Waals surface area contributed by atoms with Crippen LogP contribution in [-0.4, -0.2) is 5.78 Å². The molecule has 104 valence electrons.